The number of piperazine rings is 1. The highest BCUT2D eigenvalue weighted by Crippen LogP contribution is 2.14. The Labute approximate surface area is 191 Å². The van der Waals surface area contributed by atoms with Crippen LogP contribution in [-0.4, -0.2) is 90.8 Å². The summed E-state index contributed by atoms with van der Waals surface area (Å²) in [6, 6.07) is 4.36. The van der Waals surface area contributed by atoms with Crippen molar-refractivity contribution in [1.82, 2.24) is 20.0 Å². The van der Waals surface area contributed by atoms with Crippen LogP contribution in [0.2, 0.25) is 0 Å². The third-order valence-electron chi connectivity index (χ3n) is 5.42. The lowest BCUT2D eigenvalue weighted by atomic mass is 10.1. The van der Waals surface area contributed by atoms with Gasteiger partial charge in [-0.1, -0.05) is 6.07 Å². The number of rotatable bonds is 7. The summed E-state index contributed by atoms with van der Waals surface area (Å²) in [4.78, 5) is 13.7. The SMILES string of the molecule is CCNC(=NCCCN1CCC(O)CC1)N1CCN(Cc2cccs2)CC1.I. The first-order valence-corrected chi connectivity index (χ1v) is 11.3. The Kier molecular flexibility index (Phi) is 11.1. The van der Waals surface area contributed by atoms with Gasteiger partial charge in [-0.05, 0) is 44.2 Å². The molecule has 2 saturated heterocycles. The molecule has 0 amide bonds. The van der Waals surface area contributed by atoms with E-state index in [-0.39, 0.29) is 30.1 Å². The molecule has 3 heterocycles. The second-order valence-electron chi connectivity index (χ2n) is 7.50. The fourth-order valence-corrected chi connectivity index (χ4v) is 4.53. The van der Waals surface area contributed by atoms with Crippen molar-refractivity contribution in [2.75, 3.05) is 58.9 Å². The molecule has 6 nitrogen and oxygen atoms in total. The normalized spacial score (nSPS) is 20.2. The monoisotopic (exact) mass is 521 g/mol. The van der Waals surface area contributed by atoms with Crippen molar-refractivity contribution in [3.63, 3.8) is 0 Å². The van der Waals surface area contributed by atoms with Crippen LogP contribution in [0, 0.1) is 0 Å². The van der Waals surface area contributed by atoms with Crippen LogP contribution in [0.4, 0.5) is 0 Å². The minimum atomic E-state index is -0.0851. The number of hydrogen-bond donors (Lipinski definition) is 2. The van der Waals surface area contributed by atoms with Crippen molar-refractivity contribution < 1.29 is 5.11 Å². The number of aliphatic imine (C=N–C) groups is 1. The summed E-state index contributed by atoms with van der Waals surface area (Å²) in [6.07, 6.45) is 2.84. The Morgan fingerprint density at radius 1 is 1.18 bits per heavy atom. The zero-order valence-electron chi connectivity index (χ0n) is 17.1. The molecule has 28 heavy (non-hydrogen) atoms. The summed E-state index contributed by atoms with van der Waals surface area (Å²) in [7, 11) is 0. The third kappa shape index (κ3) is 7.78. The van der Waals surface area contributed by atoms with Crippen LogP contribution in [0.5, 0.6) is 0 Å². The number of piperidine rings is 1. The average Bonchev–Trinajstić information content (AvgIpc) is 3.19. The molecule has 0 atom stereocenters. The van der Waals surface area contributed by atoms with Gasteiger partial charge in [0.25, 0.3) is 0 Å². The van der Waals surface area contributed by atoms with E-state index in [1.807, 2.05) is 11.3 Å². The summed E-state index contributed by atoms with van der Waals surface area (Å²) >= 11 is 1.85. The molecule has 0 unspecified atom stereocenters. The molecule has 160 valence electrons. The van der Waals surface area contributed by atoms with E-state index < -0.39 is 0 Å². The van der Waals surface area contributed by atoms with Crippen molar-refractivity contribution in [3.05, 3.63) is 22.4 Å². The Morgan fingerprint density at radius 3 is 2.57 bits per heavy atom. The predicted molar refractivity (Wildman–Crippen MR) is 129 cm³/mol. The number of nitrogens with zero attached hydrogens (tertiary/aromatic N) is 4. The maximum absolute atomic E-state index is 9.60. The van der Waals surface area contributed by atoms with Crippen molar-refractivity contribution in [3.8, 4) is 0 Å². The highest BCUT2D eigenvalue weighted by atomic mass is 127. The van der Waals surface area contributed by atoms with Gasteiger partial charge in [0.2, 0.25) is 0 Å². The largest absolute Gasteiger partial charge is 0.393 e. The highest BCUT2D eigenvalue weighted by Gasteiger charge is 2.20. The number of halogens is 1. The maximum Gasteiger partial charge on any atom is 0.194 e. The van der Waals surface area contributed by atoms with Gasteiger partial charge in [0.15, 0.2) is 5.96 Å². The van der Waals surface area contributed by atoms with E-state index in [4.69, 9.17) is 4.99 Å². The van der Waals surface area contributed by atoms with E-state index in [1.165, 1.54) is 4.88 Å². The van der Waals surface area contributed by atoms with Crippen molar-refractivity contribution in [1.29, 1.82) is 0 Å². The van der Waals surface area contributed by atoms with Crippen molar-refractivity contribution >= 4 is 41.3 Å². The maximum atomic E-state index is 9.60. The summed E-state index contributed by atoms with van der Waals surface area (Å²) < 4.78 is 0. The first kappa shape index (κ1) is 23.9. The molecule has 2 aliphatic rings. The zero-order chi connectivity index (χ0) is 18.9. The number of aliphatic hydroxyl groups excluding tert-OH is 1. The Hall–Kier alpha value is -0.420. The van der Waals surface area contributed by atoms with Gasteiger partial charge in [0, 0.05) is 63.8 Å². The molecule has 3 rings (SSSR count). The first-order valence-electron chi connectivity index (χ1n) is 10.4. The molecular weight excluding hydrogens is 485 g/mol. The number of hydrogen-bond acceptors (Lipinski definition) is 5. The summed E-state index contributed by atoms with van der Waals surface area (Å²) in [5, 5.41) is 15.2. The smallest absolute Gasteiger partial charge is 0.194 e. The number of aliphatic hydroxyl groups is 1. The third-order valence-corrected chi connectivity index (χ3v) is 6.28. The van der Waals surface area contributed by atoms with E-state index in [9.17, 15) is 5.11 Å². The molecule has 0 spiro atoms. The molecule has 2 fully saturated rings. The molecule has 1 aromatic heterocycles. The second kappa shape index (κ2) is 13.0. The second-order valence-corrected chi connectivity index (χ2v) is 8.54. The number of likely N-dealkylation sites (tertiary alicyclic amines) is 1. The molecule has 1 aromatic rings. The Balaban J connectivity index is 0.00000280. The quantitative estimate of drug-likeness (QED) is 0.250. The van der Waals surface area contributed by atoms with Gasteiger partial charge in [-0.25, -0.2) is 0 Å². The Morgan fingerprint density at radius 2 is 1.93 bits per heavy atom. The van der Waals surface area contributed by atoms with Crippen LogP contribution < -0.4 is 5.32 Å². The summed E-state index contributed by atoms with van der Waals surface area (Å²) in [5.74, 6) is 1.07. The van der Waals surface area contributed by atoms with Crippen molar-refractivity contribution in [2.24, 2.45) is 4.99 Å². The molecule has 2 N–H and O–H groups in total. The predicted octanol–water partition coefficient (Wildman–Crippen LogP) is 2.30. The summed E-state index contributed by atoms with van der Waals surface area (Å²) in [5.41, 5.74) is 0. The lowest BCUT2D eigenvalue weighted by Crippen LogP contribution is -2.52. The fourth-order valence-electron chi connectivity index (χ4n) is 3.79. The van der Waals surface area contributed by atoms with Gasteiger partial charge in [-0.3, -0.25) is 9.89 Å². The Bertz CT molecular complexity index is 555. The van der Waals surface area contributed by atoms with E-state index in [0.29, 0.717) is 0 Å². The van der Waals surface area contributed by atoms with E-state index >= 15 is 0 Å². The van der Waals surface area contributed by atoms with Crippen LogP contribution >= 0.6 is 35.3 Å². The first-order chi connectivity index (χ1) is 13.2. The molecule has 0 radical (unpaired) electrons. The molecule has 0 bridgehead atoms. The van der Waals surface area contributed by atoms with Crippen LogP contribution in [0.15, 0.2) is 22.5 Å². The number of nitrogens with one attached hydrogen (secondary N) is 1. The highest BCUT2D eigenvalue weighted by molar-refractivity contribution is 14.0. The van der Waals surface area contributed by atoms with Crippen LogP contribution in [0.25, 0.3) is 0 Å². The number of guanidine groups is 1. The van der Waals surface area contributed by atoms with Gasteiger partial charge in [0.05, 0.1) is 6.10 Å². The molecule has 2 aliphatic heterocycles. The minimum Gasteiger partial charge on any atom is -0.393 e. The molecule has 0 aliphatic carbocycles. The molecular formula is C20H36IN5OS. The number of thiophene rings is 1. The van der Waals surface area contributed by atoms with E-state index in [0.717, 1.165) is 90.7 Å². The zero-order valence-corrected chi connectivity index (χ0v) is 20.2. The van der Waals surface area contributed by atoms with Gasteiger partial charge >= 0.3 is 0 Å². The van der Waals surface area contributed by atoms with E-state index in [1.54, 1.807) is 0 Å². The van der Waals surface area contributed by atoms with Gasteiger partial charge < -0.3 is 20.2 Å². The van der Waals surface area contributed by atoms with Crippen LogP contribution in [-0.2, 0) is 6.54 Å². The lowest BCUT2D eigenvalue weighted by Gasteiger charge is -2.36. The van der Waals surface area contributed by atoms with Gasteiger partial charge in [-0.2, -0.15) is 0 Å². The molecule has 0 aromatic carbocycles. The topological polar surface area (TPSA) is 54.3 Å². The van der Waals surface area contributed by atoms with Crippen LogP contribution in [0.3, 0.4) is 0 Å². The van der Waals surface area contributed by atoms with Gasteiger partial charge in [-0.15, -0.1) is 35.3 Å². The van der Waals surface area contributed by atoms with E-state index in [2.05, 4.69) is 44.5 Å². The average molecular weight is 522 g/mol. The summed E-state index contributed by atoms with van der Waals surface area (Å²) in [6.45, 7) is 12.4. The minimum absolute atomic E-state index is 0. The van der Waals surface area contributed by atoms with Crippen molar-refractivity contribution in [2.45, 2.75) is 38.8 Å². The van der Waals surface area contributed by atoms with Gasteiger partial charge in [0.1, 0.15) is 0 Å². The molecule has 0 saturated carbocycles. The standard InChI is InChI=1S/C20H35N5OS.HI/c1-2-21-20(22-8-4-9-23-10-6-18(26)7-11-23)25-14-12-24(13-15-25)17-19-5-3-16-27-19;/h3,5,16,18,26H,2,4,6-15,17H2,1H3,(H,21,22);1H. The lowest BCUT2D eigenvalue weighted by molar-refractivity contribution is 0.0824. The fraction of sp³-hybridized carbons (Fsp3) is 0.750. The molecule has 8 heteroatoms. The van der Waals surface area contributed by atoms with Crippen LogP contribution in [0.1, 0.15) is 31.1 Å².